The Hall–Kier alpha value is -1.44. The van der Waals surface area contributed by atoms with Gasteiger partial charge in [-0.1, -0.05) is 30.3 Å². The van der Waals surface area contributed by atoms with Crippen molar-refractivity contribution >= 4 is 15.9 Å². The van der Waals surface area contributed by atoms with Crippen LogP contribution in [0.4, 0.5) is 0 Å². The van der Waals surface area contributed by atoms with E-state index < -0.39 is 10.0 Å². The summed E-state index contributed by atoms with van der Waals surface area (Å²) in [6.45, 7) is 1.08. The number of sulfonamides is 1. The lowest BCUT2D eigenvalue weighted by Crippen LogP contribution is -2.47. The molecule has 22 heavy (non-hydrogen) atoms. The van der Waals surface area contributed by atoms with Crippen LogP contribution in [0.15, 0.2) is 30.3 Å². The maximum absolute atomic E-state index is 12.4. The minimum Gasteiger partial charge on any atom is -0.371 e. The highest BCUT2D eigenvalue weighted by Gasteiger charge is 2.46. The van der Waals surface area contributed by atoms with Gasteiger partial charge < -0.3 is 10.1 Å². The molecule has 120 valence electrons. The van der Waals surface area contributed by atoms with Crippen molar-refractivity contribution in [1.29, 1.82) is 0 Å². The number of ether oxygens (including phenoxy) is 1. The number of nitrogens with one attached hydrogen (secondary N) is 1. The van der Waals surface area contributed by atoms with Gasteiger partial charge in [0, 0.05) is 19.6 Å². The van der Waals surface area contributed by atoms with Gasteiger partial charge in [0.25, 0.3) is 0 Å². The molecule has 0 saturated carbocycles. The second-order valence-corrected chi connectivity index (χ2v) is 7.90. The molecule has 3 atom stereocenters. The zero-order chi connectivity index (χ0) is 15.7. The molecule has 2 saturated heterocycles. The van der Waals surface area contributed by atoms with Gasteiger partial charge in [0.15, 0.2) is 0 Å². The molecule has 2 aliphatic heterocycles. The van der Waals surface area contributed by atoms with E-state index in [9.17, 15) is 13.2 Å². The summed E-state index contributed by atoms with van der Waals surface area (Å²) in [4.78, 5) is 12.4. The van der Waals surface area contributed by atoms with E-state index in [1.807, 2.05) is 30.3 Å². The van der Waals surface area contributed by atoms with Crippen LogP contribution in [-0.4, -0.2) is 50.2 Å². The average molecular weight is 324 g/mol. The van der Waals surface area contributed by atoms with Crippen molar-refractivity contribution in [2.24, 2.45) is 5.92 Å². The molecule has 0 aromatic heterocycles. The van der Waals surface area contributed by atoms with Crippen LogP contribution in [-0.2, 0) is 26.1 Å². The molecule has 0 aliphatic carbocycles. The summed E-state index contributed by atoms with van der Waals surface area (Å²) in [6, 6.07) is 9.69. The minimum absolute atomic E-state index is 0.0632. The largest absolute Gasteiger partial charge is 0.371 e. The molecule has 1 aromatic rings. The van der Waals surface area contributed by atoms with Crippen LogP contribution in [0, 0.1) is 5.92 Å². The second-order valence-electron chi connectivity index (χ2n) is 5.92. The van der Waals surface area contributed by atoms with E-state index in [0.29, 0.717) is 19.5 Å². The van der Waals surface area contributed by atoms with Crippen molar-refractivity contribution in [3.05, 3.63) is 35.9 Å². The lowest BCUT2D eigenvalue weighted by molar-refractivity contribution is -0.127. The van der Waals surface area contributed by atoms with Gasteiger partial charge in [-0.2, -0.15) is 4.31 Å². The van der Waals surface area contributed by atoms with Gasteiger partial charge in [-0.05, 0) is 12.0 Å². The number of hydrogen-bond donors (Lipinski definition) is 1. The third-order valence-electron chi connectivity index (χ3n) is 4.24. The number of carbonyl (C=O) groups excluding carboxylic acids is 1. The third kappa shape index (κ3) is 3.31. The predicted molar refractivity (Wildman–Crippen MR) is 81.5 cm³/mol. The van der Waals surface area contributed by atoms with E-state index in [1.54, 1.807) is 0 Å². The van der Waals surface area contributed by atoms with Crippen LogP contribution >= 0.6 is 0 Å². The number of morpholine rings is 1. The Bertz CT molecular complexity index is 647. The molecule has 7 heteroatoms. The maximum atomic E-state index is 12.4. The Morgan fingerprint density at radius 1 is 1.32 bits per heavy atom. The molecule has 3 rings (SSSR count). The SMILES string of the molecule is CS(=O)(=O)N1CC2CC(C(=O)NCc3ccccc3)C(C1)O2. The standard InChI is InChI=1S/C15H20N2O4S/c1-22(19,20)17-9-12-7-13(14(10-17)21-12)15(18)16-8-11-5-3-2-4-6-11/h2-6,12-14H,7-10H2,1H3,(H,16,18). The van der Waals surface area contributed by atoms with Crippen molar-refractivity contribution in [3.63, 3.8) is 0 Å². The Morgan fingerprint density at radius 3 is 2.73 bits per heavy atom. The number of carbonyl (C=O) groups is 1. The highest BCUT2D eigenvalue weighted by Crippen LogP contribution is 2.33. The van der Waals surface area contributed by atoms with Gasteiger partial charge in [0.1, 0.15) is 0 Å². The third-order valence-corrected chi connectivity index (χ3v) is 5.48. The Balaban J connectivity index is 1.60. The van der Waals surface area contributed by atoms with Crippen LogP contribution in [0.5, 0.6) is 0 Å². The number of benzene rings is 1. The zero-order valence-corrected chi connectivity index (χ0v) is 13.3. The van der Waals surface area contributed by atoms with Crippen LogP contribution in [0.3, 0.4) is 0 Å². The second kappa shape index (κ2) is 5.98. The molecular weight excluding hydrogens is 304 g/mol. The van der Waals surface area contributed by atoms with Crippen molar-refractivity contribution < 1.29 is 17.9 Å². The first-order chi connectivity index (χ1) is 10.4. The van der Waals surface area contributed by atoms with Crippen molar-refractivity contribution in [2.75, 3.05) is 19.3 Å². The molecular formula is C15H20N2O4S. The van der Waals surface area contributed by atoms with Crippen LogP contribution in [0.25, 0.3) is 0 Å². The molecule has 2 heterocycles. The van der Waals surface area contributed by atoms with Gasteiger partial charge in [-0.15, -0.1) is 0 Å². The molecule has 2 fully saturated rings. The molecule has 0 radical (unpaired) electrons. The fraction of sp³-hybridized carbons (Fsp3) is 0.533. The van der Waals surface area contributed by atoms with Gasteiger partial charge in [0.05, 0.1) is 24.4 Å². The molecule has 1 aromatic carbocycles. The lowest BCUT2D eigenvalue weighted by Gasteiger charge is -2.30. The topological polar surface area (TPSA) is 75.7 Å². The van der Waals surface area contributed by atoms with E-state index in [2.05, 4.69) is 5.32 Å². The van der Waals surface area contributed by atoms with Crippen LogP contribution in [0.2, 0.25) is 0 Å². The molecule has 3 unspecified atom stereocenters. The number of fused-ring (bicyclic) bond motifs is 2. The molecule has 6 nitrogen and oxygen atoms in total. The van der Waals surface area contributed by atoms with Crippen molar-refractivity contribution in [2.45, 2.75) is 25.2 Å². The normalized spacial score (nSPS) is 28.5. The Kier molecular flexibility index (Phi) is 4.20. The van der Waals surface area contributed by atoms with E-state index >= 15 is 0 Å². The first-order valence-corrected chi connectivity index (χ1v) is 9.20. The number of amides is 1. The fourth-order valence-electron chi connectivity index (χ4n) is 3.09. The van der Waals surface area contributed by atoms with Crippen LogP contribution in [0.1, 0.15) is 12.0 Å². The summed E-state index contributed by atoms with van der Waals surface area (Å²) in [7, 11) is -3.23. The summed E-state index contributed by atoms with van der Waals surface area (Å²) >= 11 is 0. The molecule has 2 bridgehead atoms. The summed E-state index contributed by atoms with van der Waals surface area (Å²) in [5.41, 5.74) is 1.04. The fourth-order valence-corrected chi connectivity index (χ4v) is 3.94. The van der Waals surface area contributed by atoms with Crippen molar-refractivity contribution in [1.82, 2.24) is 9.62 Å². The summed E-state index contributed by atoms with van der Waals surface area (Å²) in [5.74, 6) is -0.341. The highest BCUT2D eigenvalue weighted by atomic mass is 32.2. The Labute approximate surface area is 130 Å². The van der Waals surface area contributed by atoms with Gasteiger partial charge in [-0.3, -0.25) is 4.79 Å². The molecule has 1 N–H and O–H groups in total. The monoisotopic (exact) mass is 324 g/mol. The van der Waals surface area contributed by atoms with Crippen molar-refractivity contribution in [3.8, 4) is 0 Å². The molecule has 2 aliphatic rings. The van der Waals surface area contributed by atoms with E-state index in [-0.39, 0.29) is 30.6 Å². The average Bonchev–Trinajstić information content (AvgIpc) is 2.79. The van der Waals surface area contributed by atoms with E-state index in [0.717, 1.165) is 5.56 Å². The maximum Gasteiger partial charge on any atom is 0.226 e. The number of rotatable bonds is 4. The first-order valence-electron chi connectivity index (χ1n) is 7.35. The van der Waals surface area contributed by atoms with Gasteiger partial charge in [0.2, 0.25) is 15.9 Å². The summed E-state index contributed by atoms with van der Waals surface area (Å²) in [5, 5.41) is 2.92. The summed E-state index contributed by atoms with van der Waals surface area (Å²) in [6.07, 6.45) is 1.25. The number of nitrogens with zero attached hydrogens (tertiary/aromatic N) is 1. The smallest absolute Gasteiger partial charge is 0.226 e. The van der Waals surface area contributed by atoms with E-state index in [1.165, 1.54) is 10.6 Å². The first kappa shape index (κ1) is 15.5. The summed E-state index contributed by atoms with van der Waals surface area (Å²) < 4.78 is 30.5. The molecule has 1 amide bonds. The Morgan fingerprint density at radius 2 is 2.05 bits per heavy atom. The quantitative estimate of drug-likeness (QED) is 0.867. The number of hydrogen-bond acceptors (Lipinski definition) is 4. The van der Waals surface area contributed by atoms with Gasteiger partial charge in [-0.25, -0.2) is 8.42 Å². The molecule has 0 spiro atoms. The van der Waals surface area contributed by atoms with Gasteiger partial charge >= 0.3 is 0 Å². The zero-order valence-electron chi connectivity index (χ0n) is 12.4. The van der Waals surface area contributed by atoms with Crippen LogP contribution < -0.4 is 5.32 Å². The highest BCUT2D eigenvalue weighted by molar-refractivity contribution is 7.88. The predicted octanol–water partition coefficient (Wildman–Crippen LogP) is 0.352. The minimum atomic E-state index is -3.23. The van der Waals surface area contributed by atoms with E-state index in [4.69, 9.17) is 4.74 Å². The lowest BCUT2D eigenvalue weighted by atomic mass is 9.99.